The topological polar surface area (TPSA) is 43.4 Å². The smallest absolute Gasteiger partial charge is 0.231 e. The molecule has 1 aromatic carbocycles. The third kappa shape index (κ3) is 2.50. The van der Waals surface area contributed by atoms with E-state index < -0.39 is 0 Å². The highest BCUT2D eigenvalue weighted by Gasteiger charge is 2.15. The molecular formula is C12H11BrN2O2S. The van der Waals surface area contributed by atoms with Gasteiger partial charge in [0.15, 0.2) is 11.5 Å². The number of hydrogen-bond acceptors (Lipinski definition) is 5. The second kappa shape index (κ2) is 5.26. The molecule has 1 aromatic heterocycles. The van der Waals surface area contributed by atoms with Crippen molar-refractivity contribution in [2.24, 2.45) is 0 Å². The Morgan fingerprint density at radius 2 is 2.11 bits per heavy atom. The lowest BCUT2D eigenvalue weighted by Crippen LogP contribution is -2.12. The van der Waals surface area contributed by atoms with Crippen LogP contribution in [0.1, 0.15) is 10.6 Å². The van der Waals surface area contributed by atoms with Gasteiger partial charge in [-0.3, -0.25) is 0 Å². The average molecular weight is 327 g/mol. The summed E-state index contributed by atoms with van der Waals surface area (Å²) in [6.45, 7) is 1.84. The fraction of sp³-hybridized carbons (Fsp3) is 0.250. The highest BCUT2D eigenvalue weighted by Crippen LogP contribution is 2.36. The van der Waals surface area contributed by atoms with E-state index in [-0.39, 0.29) is 0 Å². The van der Waals surface area contributed by atoms with Gasteiger partial charge in [-0.2, -0.15) is 0 Å². The molecular weight excluding hydrogens is 316 g/mol. The molecule has 0 amide bonds. The van der Waals surface area contributed by atoms with Crippen molar-refractivity contribution in [1.29, 1.82) is 0 Å². The van der Waals surface area contributed by atoms with Crippen LogP contribution in [0.2, 0.25) is 0 Å². The van der Waals surface area contributed by atoms with Gasteiger partial charge in [-0.05, 0) is 17.7 Å². The van der Waals surface area contributed by atoms with E-state index in [0.29, 0.717) is 6.79 Å². The Morgan fingerprint density at radius 1 is 1.28 bits per heavy atom. The number of benzene rings is 1. The summed E-state index contributed by atoms with van der Waals surface area (Å²) >= 11 is 5.19. The van der Waals surface area contributed by atoms with E-state index in [4.69, 9.17) is 9.47 Å². The Kier molecular flexibility index (Phi) is 3.49. The predicted octanol–water partition coefficient (Wildman–Crippen LogP) is 2.92. The number of aromatic nitrogens is 1. The molecule has 0 atom stereocenters. The lowest BCUT2D eigenvalue weighted by atomic mass is 10.2. The SMILES string of the molecule is Brc1cc2c(cc1CNCc1nccs1)OCO2. The number of nitrogens with one attached hydrogen (secondary N) is 1. The van der Waals surface area contributed by atoms with Crippen LogP contribution in [0.5, 0.6) is 11.5 Å². The first-order chi connectivity index (χ1) is 8.83. The maximum absolute atomic E-state index is 5.37. The van der Waals surface area contributed by atoms with Gasteiger partial charge in [0, 0.05) is 29.1 Å². The van der Waals surface area contributed by atoms with Crippen LogP contribution in [0.25, 0.3) is 0 Å². The molecule has 0 unspecified atom stereocenters. The van der Waals surface area contributed by atoms with Crippen LogP contribution in [-0.2, 0) is 13.1 Å². The van der Waals surface area contributed by atoms with Gasteiger partial charge >= 0.3 is 0 Å². The number of nitrogens with zero attached hydrogens (tertiary/aromatic N) is 1. The zero-order valence-corrected chi connectivity index (χ0v) is 11.9. The molecule has 2 aromatic rings. The summed E-state index contributed by atoms with van der Waals surface area (Å²) in [5, 5.41) is 6.43. The van der Waals surface area contributed by atoms with Crippen molar-refractivity contribution in [2.75, 3.05) is 6.79 Å². The normalized spacial score (nSPS) is 12.9. The van der Waals surface area contributed by atoms with Gasteiger partial charge in [-0.1, -0.05) is 15.9 Å². The Morgan fingerprint density at radius 3 is 2.89 bits per heavy atom. The monoisotopic (exact) mass is 326 g/mol. The maximum atomic E-state index is 5.37. The van der Waals surface area contributed by atoms with Crippen LogP contribution in [0.15, 0.2) is 28.2 Å². The van der Waals surface area contributed by atoms with Crippen molar-refractivity contribution < 1.29 is 9.47 Å². The number of fused-ring (bicyclic) bond motifs is 1. The minimum absolute atomic E-state index is 0.303. The van der Waals surface area contributed by atoms with Crippen molar-refractivity contribution in [3.05, 3.63) is 38.8 Å². The number of hydrogen-bond donors (Lipinski definition) is 1. The molecule has 4 nitrogen and oxygen atoms in total. The van der Waals surface area contributed by atoms with E-state index in [9.17, 15) is 0 Å². The Labute approximate surface area is 117 Å². The van der Waals surface area contributed by atoms with E-state index in [1.807, 2.05) is 23.7 Å². The molecule has 1 aliphatic rings. The van der Waals surface area contributed by atoms with Crippen LogP contribution in [-0.4, -0.2) is 11.8 Å². The molecule has 1 aliphatic heterocycles. The summed E-state index contributed by atoms with van der Waals surface area (Å²) in [7, 11) is 0. The summed E-state index contributed by atoms with van der Waals surface area (Å²) in [6, 6.07) is 3.95. The molecule has 0 radical (unpaired) electrons. The molecule has 2 heterocycles. The first-order valence-electron chi connectivity index (χ1n) is 5.50. The van der Waals surface area contributed by atoms with Gasteiger partial charge in [0.25, 0.3) is 0 Å². The van der Waals surface area contributed by atoms with Gasteiger partial charge in [0.05, 0.1) is 0 Å². The molecule has 0 aliphatic carbocycles. The van der Waals surface area contributed by atoms with Crippen LogP contribution < -0.4 is 14.8 Å². The van der Waals surface area contributed by atoms with Crippen LogP contribution in [0.4, 0.5) is 0 Å². The molecule has 0 fully saturated rings. The Balaban J connectivity index is 1.66. The lowest BCUT2D eigenvalue weighted by molar-refractivity contribution is 0.174. The Hall–Kier alpha value is -1.11. The van der Waals surface area contributed by atoms with Crippen molar-refractivity contribution >= 4 is 27.3 Å². The third-order valence-electron chi connectivity index (χ3n) is 2.62. The third-order valence-corrected chi connectivity index (χ3v) is 4.13. The van der Waals surface area contributed by atoms with Gasteiger partial charge in [-0.15, -0.1) is 11.3 Å². The molecule has 6 heteroatoms. The number of thiazole rings is 1. The predicted molar refractivity (Wildman–Crippen MR) is 72.9 cm³/mol. The second-order valence-corrected chi connectivity index (χ2v) is 5.66. The number of halogens is 1. The molecule has 94 valence electrons. The van der Waals surface area contributed by atoms with E-state index in [1.165, 1.54) is 0 Å². The molecule has 0 bridgehead atoms. The largest absolute Gasteiger partial charge is 0.454 e. The molecule has 18 heavy (non-hydrogen) atoms. The summed E-state index contributed by atoms with van der Waals surface area (Å²) in [5.74, 6) is 1.61. The standard InChI is InChI=1S/C12H11BrN2O2S/c13-9-4-11-10(16-7-17-11)3-8(9)5-14-6-12-15-1-2-18-12/h1-4,14H,5-7H2. The molecule has 1 N–H and O–H groups in total. The summed E-state index contributed by atoms with van der Waals surface area (Å²) < 4.78 is 11.7. The highest BCUT2D eigenvalue weighted by molar-refractivity contribution is 9.10. The van der Waals surface area contributed by atoms with Crippen molar-refractivity contribution in [2.45, 2.75) is 13.1 Å². The van der Waals surface area contributed by atoms with E-state index in [2.05, 4.69) is 26.2 Å². The summed E-state index contributed by atoms with van der Waals surface area (Å²) in [5.41, 5.74) is 1.15. The Bertz CT molecular complexity index is 545. The molecule has 3 rings (SSSR count). The van der Waals surface area contributed by atoms with E-state index >= 15 is 0 Å². The molecule has 0 saturated carbocycles. The zero-order chi connectivity index (χ0) is 12.4. The summed E-state index contributed by atoms with van der Waals surface area (Å²) in [6.07, 6.45) is 1.82. The summed E-state index contributed by atoms with van der Waals surface area (Å²) in [4.78, 5) is 4.23. The minimum Gasteiger partial charge on any atom is -0.454 e. The van der Waals surface area contributed by atoms with Gasteiger partial charge in [0.1, 0.15) is 5.01 Å². The maximum Gasteiger partial charge on any atom is 0.231 e. The van der Waals surface area contributed by atoms with Crippen LogP contribution >= 0.6 is 27.3 Å². The molecule has 0 spiro atoms. The second-order valence-electron chi connectivity index (χ2n) is 3.83. The first kappa shape index (κ1) is 12.0. The number of rotatable bonds is 4. The van der Waals surface area contributed by atoms with Gasteiger partial charge in [-0.25, -0.2) is 4.98 Å². The van der Waals surface area contributed by atoms with Crippen LogP contribution in [0.3, 0.4) is 0 Å². The van der Waals surface area contributed by atoms with Gasteiger partial charge < -0.3 is 14.8 Å². The fourth-order valence-corrected chi connectivity index (χ4v) is 2.79. The van der Waals surface area contributed by atoms with Crippen LogP contribution in [0, 0.1) is 0 Å². The van der Waals surface area contributed by atoms with E-state index in [0.717, 1.165) is 39.6 Å². The quantitative estimate of drug-likeness (QED) is 0.938. The number of ether oxygens (including phenoxy) is 2. The average Bonchev–Trinajstić information content (AvgIpc) is 3.00. The first-order valence-corrected chi connectivity index (χ1v) is 7.17. The highest BCUT2D eigenvalue weighted by atomic mass is 79.9. The van der Waals surface area contributed by atoms with Crippen molar-refractivity contribution in [3.63, 3.8) is 0 Å². The minimum atomic E-state index is 0.303. The fourth-order valence-electron chi connectivity index (χ4n) is 1.74. The molecule has 0 saturated heterocycles. The van der Waals surface area contributed by atoms with Crippen molar-refractivity contribution in [3.8, 4) is 11.5 Å². The zero-order valence-electron chi connectivity index (χ0n) is 9.48. The lowest BCUT2D eigenvalue weighted by Gasteiger charge is -2.07. The van der Waals surface area contributed by atoms with E-state index in [1.54, 1.807) is 11.3 Å². The van der Waals surface area contributed by atoms with Crippen molar-refractivity contribution in [1.82, 2.24) is 10.3 Å². The van der Waals surface area contributed by atoms with Gasteiger partial charge in [0.2, 0.25) is 6.79 Å².